The topological polar surface area (TPSA) is 55.1 Å². The van der Waals surface area contributed by atoms with Gasteiger partial charge in [-0.1, -0.05) is 26.7 Å². The molecule has 0 heterocycles. The molecule has 0 saturated heterocycles. The fraction of sp³-hybridized carbons (Fsp3) is 0.700. The molecule has 1 amide bonds. The van der Waals surface area contributed by atoms with Gasteiger partial charge in [-0.15, -0.1) is 6.42 Å². The van der Waals surface area contributed by atoms with E-state index in [9.17, 15) is 4.79 Å². The van der Waals surface area contributed by atoms with Gasteiger partial charge in [0.15, 0.2) is 0 Å². The Balaban J connectivity index is 4.22. The third-order valence-corrected chi connectivity index (χ3v) is 1.82. The molecule has 0 aromatic carbocycles. The van der Waals surface area contributed by atoms with Crippen LogP contribution >= 0.6 is 0 Å². The minimum absolute atomic E-state index is 0.196. The van der Waals surface area contributed by atoms with E-state index in [0.29, 0.717) is 0 Å². The number of rotatable bonds is 2. The van der Waals surface area contributed by atoms with E-state index in [0.717, 1.165) is 0 Å². The molecule has 0 bridgehead atoms. The van der Waals surface area contributed by atoms with E-state index in [2.05, 4.69) is 11.2 Å². The molecule has 0 saturated carbocycles. The van der Waals surface area contributed by atoms with Crippen LogP contribution in [0.1, 0.15) is 27.7 Å². The van der Waals surface area contributed by atoms with Gasteiger partial charge in [0.2, 0.25) is 5.91 Å². The summed E-state index contributed by atoms with van der Waals surface area (Å²) in [6.07, 6.45) is 5.12. The molecular formula is C10H18N2O. The largest absolute Gasteiger partial charge is 0.341 e. The first-order valence-corrected chi connectivity index (χ1v) is 4.31. The third-order valence-electron chi connectivity index (χ3n) is 1.82. The van der Waals surface area contributed by atoms with E-state index < -0.39 is 6.04 Å². The standard InChI is InChI=1S/C10H18N2O/c1-6-7(2)12-9(13)8(11)10(3,4)5/h1,7-8H,11H2,2-5H3,(H,12,13)/t7?,8-/m1/s1. The smallest absolute Gasteiger partial charge is 0.238 e. The van der Waals surface area contributed by atoms with Crippen molar-refractivity contribution in [2.45, 2.75) is 39.8 Å². The van der Waals surface area contributed by atoms with Crippen molar-refractivity contribution in [1.82, 2.24) is 5.32 Å². The molecule has 0 aromatic heterocycles. The Morgan fingerprint density at radius 2 is 2.00 bits per heavy atom. The molecule has 13 heavy (non-hydrogen) atoms. The highest BCUT2D eigenvalue weighted by Crippen LogP contribution is 2.17. The van der Waals surface area contributed by atoms with Crippen LogP contribution in [0.15, 0.2) is 0 Å². The molecule has 0 aromatic rings. The maximum atomic E-state index is 11.4. The number of carbonyl (C=O) groups is 1. The number of hydrogen-bond acceptors (Lipinski definition) is 2. The molecule has 0 radical (unpaired) electrons. The third kappa shape index (κ3) is 3.95. The zero-order chi connectivity index (χ0) is 10.6. The Bertz CT molecular complexity index is 222. The second-order valence-corrected chi connectivity index (χ2v) is 4.24. The summed E-state index contributed by atoms with van der Waals surface area (Å²) in [6, 6.07) is -0.788. The summed E-state index contributed by atoms with van der Waals surface area (Å²) in [5.74, 6) is 2.22. The van der Waals surface area contributed by atoms with Crippen molar-refractivity contribution in [1.29, 1.82) is 0 Å². The van der Waals surface area contributed by atoms with Crippen LogP contribution in [0, 0.1) is 17.8 Å². The number of terminal acetylenes is 1. The van der Waals surface area contributed by atoms with Gasteiger partial charge in [0.1, 0.15) is 0 Å². The SMILES string of the molecule is C#CC(C)NC(=O)[C@@H](N)C(C)(C)C. The van der Waals surface area contributed by atoms with E-state index in [1.54, 1.807) is 6.92 Å². The van der Waals surface area contributed by atoms with E-state index >= 15 is 0 Å². The Kier molecular flexibility index (Phi) is 3.96. The van der Waals surface area contributed by atoms with Crippen molar-refractivity contribution < 1.29 is 4.79 Å². The number of hydrogen-bond donors (Lipinski definition) is 2. The first kappa shape index (κ1) is 12.0. The van der Waals surface area contributed by atoms with Gasteiger partial charge in [0.05, 0.1) is 12.1 Å². The highest BCUT2D eigenvalue weighted by Gasteiger charge is 2.27. The van der Waals surface area contributed by atoms with Crippen molar-refractivity contribution >= 4 is 5.91 Å². The molecule has 0 aliphatic carbocycles. The minimum atomic E-state index is -0.525. The quantitative estimate of drug-likeness (QED) is 0.611. The van der Waals surface area contributed by atoms with Gasteiger partial charge in [-0.05, 0) is 12.3 Å². The Labute approximate surface area is 80.1 Å². The van der Waals surface area contributed by atoms with Gasteiger partial charge in [-0.3, -0.25) is 4.79 Å². The fourth-order valence-corrected chi connectivity index (χ4v) is 0.738. The van der Waals surface area contributed by atoms with E-state index in [1.807, 2.05) is 20.8 Å². The van der Waals surface area contributed by atoms with Gasteiger partial charge in [-0.25, -0.2) is 0 Å². The number of amides is 1. The van der Waals surface area contributed by atoms with Crippen molar-refractivity contribution in [3.8, 4) is 12.3 Å². The van der Waals surface area contributed by atoms with Crippen molar-refractivity contribution in [2.24, 2.45) is 11.1 Å². The molecule has 0 fully saturated rings. The predicted octanol–water partition coefficient (Wildman–Crippen LogP) is 0.498. The summed E-state index contributed by atoms with van der Waals surface area (Å²) in [7, 11) is 0. The van der Waals surface area contributed by atoms with Crippen LogP contribution in [0.2, 0.25) is 0 Å². The van der Waals surface area contributed by atoms with Crippen molar-refractivity contribution in [3.05, 3.63) is 0 Å². The second kappa shape index (κ2) is 4.29. The Morgan fingerprint density at radius 1 is 1.54 bits per heavy atom. The summed E-state index contributed by atoms with van der Waals surface area (Å²) in [5.41, 5.74) is 5.48. The van der Waals surface area contributed by atoms with Gasteiger partial charge >= 0.3 is 0 Å². The van der Waals surface area contributed by atoms with Gasteiger partial charge in [0.25, 0.3) is 0 Å². The van der Waals surface area contributed by atoms with Crippen LogP contribution < -0.4 is 11.1 Å². The van der Waals surface area contributed by atoms with Crippen LogP contribution in [0.25, 0.3) is 0 Å². The number of nitrogens with one attached hydrogen (secondary N) is 1. The molecule has 0 aliphatic heterocycles. The number of nitrogens with two attached hydrogens (primary N) is 1. The van der Waals surface area contributed by atoms with Crippen LogP contribution in [-0.4, -0.2) is 18.0 Å². The number of carbonyl (C=O) groups excluding carboxylic acids is 1. The summed E-state index contributed by atoms with van der Waals surface area (Å²) < 4.78 is 0. The maximum Gasteiger partial charge on any atom is 0.238 e. The van der Waals surface area contributed by atoms with Gasteiger partial charge in [0, 0.05) is 0 Å². The normalized spacial score (nSPS) is 15.7. The molecule has 74 valence electrons. The fourth-order valence-electron chi connectivity index (χ4n) is 0.738. The van der Waals surface area contributed by atoms with Gasteiger partial charge < -0.3 is 11.1 Å². The molecule has 3 nitrogen and oxygen atoms in total. The summed E-state index contributed by atoms with van der Waals surface area (Å²) in [4.78, 5) is 11.4. The second-order valence-electron chi connectivity index (χ2n) is 4.24. The predicted molar refractivity (Wildman–Crippen MR) is 53.9 cm³/mol. The molecule has 0 spiro atoms. The molecule has 1 unspecified atom stereocenters. The zero-order valence-corrected chi connectivity index (χ0v) is 8.72. The van der Waals surface area contributed by atoms with Gasteiger partial charge in [-0.2, -0.15) is 0 Å². The maximum absolute atomic E-state index is 11.4. The Morgan fingerprint density at radius 3 is 2.31 bits per heavy atom. The lowest BCUT2D eigenvalue weighted by atomic mass is 9.87. The lowest BCUT2D eigenvalue weighted by molar-refractivity contribution is -0.124. The summed E-state index contributed by atoms with van der Waals surface area (Å²) >= 11 is 0. The molecule has 3 N–H and O–H groups in total. The van der Waals surface area contributed by atoms with E-state index in [1.165, 1.54) is 0 Å². The van der Waals surface area contributed by atoms with Crippen LogP contribution in [0.3, 0.4) is 0 Å². The van der Waals surface area contributed by atoms with E-state index in [4.69, 9.17) is 12.2 Å². The van der Waals surface area contributed by atoms with Crippen LogP contribution in [0.4, 0.5) is 0 Å². The first-order chi connectivity index (χ1) is 5.79. The highest BCUT2D eigenvalue weighted by molar-refractivity contribution is 5.82. The molecule has 0 aliphatic rings. The van der Waals surface area contributed by atoms with E-state index in [-0.39, 0.29) is 17.4 Å². The molecule has 3 heteroatoms. The summed E-state index contributed by atoms with van der Waals surface area (Å²) in [5, 5.41) is 2.64. The van der Waals surface area contributed by atoms with Crippen molar-refractivity contribution in [3.63, 3.8) is 0 Å². The highest BCUT2D eigenvalue weighted by atomic mass is 16.2. The first-order valence-electron chi connectivity index (χ1n) is 4.31. The van der Waals surface area contributed by atoms with Crippen molar-refractivity contribution in [2.75, 3.05) is 0 Å². The average molecular weight is 182 g/mol. The molecule has 0 rings (SSSR count). The summed E-state index contributed by atoms with van der Waals surface area (Å²) in [6.45, 7) is 7.49. The lowest BCUT2D eigenvalue weighted by Crippen LogP contribution is -2.50. The lowest BCUT2D eigenvalue weighted by Gasteiger charge is -2.26. The molecule has 2 atom stereocenters. The molecular weight excluding hydrogens is 164 g/mol. The Hall–Kier alpha value is -1.01. The van der Waals surface area contributed by atoms with Crippen LogP contribution in [-0.2, 0) is 4.79 Å². The zero-order valence-electron chi connectivity index (χ0n) is 8.72. The van der Waals surface area contributed by atoms with Crippen LogP contribution in [0.5, 0.6) is 0 Å². The average Bonchev–Trinajstić information content (AvgIpc) is 2.01. The minimum Gasteiger partial charge on any atom is -0.341 e. The monoisotopic (exact) mass is 182 g/mol.